The summed E-state index contributed by atoms with van der Waals surface area (Å²) in [7, 11) is 0. The van der Waals surface area contributed by atoms with Crippen LogP contribution in [0.4, 0.5) is 5.69 Å². The Hall–Kier alpha value is -0.150. The van der Waals surface area contributed by atoms with Gasteiger partial charge in [0, 0.05) is 17.3 Å². The highest BCUT2D eigenvalue weighted by Gasteiger charge is 2.38. The van der Waals surface area contributed by atoms with Gasteiger partial charge < -0.3 is 4.90 Å². The van der Waals surface area contributed by atoms with Crippen molar-refractivity contribution in [2.45, 2.75) is 16.6 Å². The maximum atomic E-state index is 12.1. The molecule has 0 saturated heterocycles. The second-order valence-electron chi connectivity index (χ2n) is 4.33. The molecule has 98 valence electrons. The Bertz CT molecular complexity index is 436. The van der Waals surface area contributed by atoms with Gasteiger partial charge in [-0.15, -0.1) is 0 Å². The number of carbonyl (C=O) groups is 1. The molecular formula is C12H11Cl4NO. The Kier molecular flexibility index (Phi) is 4.32. The standard InChI is InChI=1S/C12H11Cl4NO/c13-9-3-5-10(6-4-9)17(7-8-1-2-8)11(18)12(14,15)16/h3-6,8H,1-2,7H2. The summed E-state index contributed by atoms with van der Waals surface area (Å²) in [6, 6.07) is 6.92. The lowest BCUT2D eigenvalue weighted by molar-refractivity contribution is -0.117. The third-order valence-electron chi connectivity index (χ3n) is 2.76. The van der Waals surface area contributed by atoms with Crippen molar-refractivity contribution in [3.05, 3.63) is 29.3 Å². The lowest BCUT2D eigenvalue weighted by atomic mass is 10.2. The normalized spacial score (nSPS) is 15.6. The number of nitrogens with zero attached hydrogens (tertiary/aromatic N) is 1. The largest absolute Gasteiger partial charge is 0.308 e. The molecule has 1 aliphatic rings. The van der Waals surface area contributed by atoms with Gasteiger partial charge in [-0.1, -0.05) is 46.4 Å². The second kappa shape index (κ2) is 5.46. The molecule has 1 aromatic rings. The van der Waals surface area contributed by atoms with E-state index in [1.54, 1.807) is 24.3 Å². The van der Waals surface area contributed by atoms with Gasteiger partial charge in [-0.2, -0.15) is 0 Å². The van der Waals surface area contributed by atoms with Gasteiger partial charge in [-0.3, -0.25) is 4.79 Å². The highest BCUT2D eigenvalue weighted by molar-refractivity contribution is 6.77. The Labute approximate surface area is 126 Å². The first kappa shape index (κ1) is 14.3. The van der Waals surface area contributed by atoms with E-state index in [0.29, 0.717) is 23.2 Å². The van der Waals surface area contributed by atoms with E-state index in [0.717, 1.165) is 12.8 Å². The number of alkyl halides is 3. The molecule has 6 heteroatoms. The number of anilines is 1. The molecule has 18 heavy (non-hydrogen) atoms. The van der Waals surface area contributed by atoms with Crippen molar-refractivity contribution >= 4 is 58.0 Å². The molecule has 1 saturated carbocycles. The third-order valence-corrected chi connectivity index (χ3v) is 3.50. The van der Waals surface area contributed by atoms with Crippen LogP contribution in [0.15, 0.2) is 24.3 Å². The Morgan fingerprint density at radius 2 is 1.78 bits per heavy atom. The third kappa shape index (κ3) is 3.67. The molecule has 1 amide bonds. The molecule has 0 unspecified atom stereocenters. The SMILES string of the molecule is O=C(N(CC1CC1)c1ccc(Cl)cc1)C(Cl)(Cl)Cl. The highest BCUT2D eigenvalue weighted by Crippen LogP contribution is 2.36. The number of amides is 1. The minimum Gasteiger partial charge on any atom is -0.308 e. The molecule has 0 atom stereocenters. The molecule has 1 aromatic carbocycles. The molecule has 2 rings (SSSR count). The first-order chi connectivity index (χ1) is 8.38. The number of rotatable bonds is 3. The number of hydrogen-bond acceptors (Lipinski definition) is 1. The number of carbonyl (C=O) groups excluding carboxylic acids is 1. The summed E-state index contributed by atoms with van der Waals surface area (Å²) in [5, 5.41) is 0.603. The van der Waals surface area contributed by atoms with Crippen LogP contribution in [0.3, 0.4) is 0 Å². The molecule has 0 aromatic heterocycles. The zero-order chi connectivity index (χ0) is 13.3. The van der Waals surface area contributed by atoms with Crippen LogP contribution >= 0.6 is 46.4 Å². The molecular weight excluding hydrogens is 316 g/mol. The van der Waals surface area contributed by atoms with Gasteiger partial charge in [-0.25, -0.2) is 0 Å². The molecule has 0 bridgehead atoms. The van der Waals surface area contributed by atoms with Crippen LogP contribution in [-0.4, -0.2) is 16.2 Å². The van der Waals surface area contributed by atoms with Gasteiger partial charge in [0.2, 0.25) is 0 Å². The fourth-order valence-corrected chi connectivity index (χ4v) is 2.07. The van der Waals surface area contributed by atoms with E-state index in [1.165, 1.54) is 4.90 Å². The summed E-state index contributed by atoms with van der Waals surface area (Å²) >= 11 is 22.9. The van der Waals surface area contributed by atoms with Gasteiger partial charge in [0.25, 0.3) is 9.70 Å². The van der Waals surface area contributed by atoms with E-state index in [9.17, 15) is 4.79 Å². The topological polar surface area (TPSA) is 20.3 Å². The predicted molar refractivity (Wildman–Crippen MR) is 76.8 cm³/mol. The Balaban J connectivity index is 2.23. The van der Waals surface area contributed by atoms with Crippen LogP contribution in [0.5, 0.6) is 0 Å². The molecule has 2 nitrogen and oxygen atoms in total. The Morgan fingerprint density at radius 1 is 1.22 bits per heavy atom. The molecule has 0 spiro atoms. The molecule has 0 aliphatic heterocycles. The van der Waals surface area contributed by atoms with Crippen molar-refractivity contribution in [1.82, 2.24) is 0 Å². The maximum Gasteiger partial charge on any atom is 0.279 e. The molecule has 0 N–H and O–H groups in total. The summed E-state index contributed by atoms with van der Waals surface area (Å²) < 4.78 is -1.94. The van der Waals surface area contributed by atoms with Crippen molar-refractivity contribution in [2.24, 2.45) is 5.92 Å². The second-order valence-corrected chi connectivity index (χ2v) is 7.05. The van der Waals surface area contributed by atoms with Gasteiger partial charge in [0.05, 0.1) is 0 Å². The number of halogens is 4. The maximum absolute atomic E-state index is 12.1. The van der Waals surface area contributed by atoms with Crippen molar-refractivity contribution in [3.63, 3.8) is 0 Å². The molecule has 1 fully saturated rings. The smallest absolute Gasteiger partial charge is 0.279 e. The van der Waals surface area contributed by atoms with Crippen LogP contribution in [0.25, 0.3) is 0 Å². The van der Waals surface area contributed by atoms with Crippen molar-refractivity contribution in [1.29, 1.82) is 0 Å². The Morgan fingerprint density at radius 3 is 2.22 bits per heavy atom. The van der Waals surface area contributed by atoms with E-state index in [4.69, 9.17) is 46.4 Å². The minimum atomic E-state index is -1.94. The van der Waals surface area contributed by atoms with Crippen LogP contribution in [0, 0.1) is 5.92 Å². The van der Waals surface area contributed by atoms with Crippen molar-refractivity contribution < 1.29 is 4.79 Å². The van der Waals surface area contributed by atoms with E-state index >= 15 is 0 Å². The van der Waals surface area contributed by atoms with E-state index < -0.39 is 9.70 Å². The first-order valence-electron chi connectivity index (χ1n) is 5.52. The summed E-state index contributed by atoms with van der Waals surface area (Å²) in [6.45, 7) is 0.578. The van der Waals surface area contributed by atoms with Gasteiger partial charge in [0.1, 0.15) is 0 Å². The van der Waals surface area contributed by atoms with Crippen molar-refractivity contribution in [2.75, 3.05) is 11.4 Å². The van der Waals surface area contributed by atoms with Gasteiger partial charge >= 0.3 is 0 Å². The average Bonchev–Trinajstić information content (AvgIpc) is 3.09. The van der Waals surface area contributed by atoms with Gasteiger partial charge in [-0.05, 0) is 43.0 Å². The van der Waals surface area contributed by atoms with Crippen LogP contribution in [0.2, 0.25) is 5.02 Å². The summed E-state index contributed by atoms with van der Waals surface area (Å²) in [5.74, 6) is -0.0290. The highest BCUT2D eigenvalue weighted by atomic mass is 35.6. The number of benzene rings is 1. The van der Waals surface area contributed by atoms with Crippen molar-refractivity contribution in [3.8, 4) is 0 Å². The fraction of sp³-hybridized carbons (Fsp3) is 0.417. The van der Waals surface area contributed by atoms with Crippen LogP contribution in [0.1, 0.15) is 12.8 Å². The molecule has 1 aliphatic carbocycles. The fourth-order valence-electron chi connectivity index (χ4n) is 1.64. The summed E-state index contributed by atoms with van der Waals surface area (Å²) in [4.78, 5) is 13.6. The monoisotopic (exact) mass is 325 g/mol. The number of hydrogen-bond donors (Lipinski definition) is 0. The van der Waals surface area contributed by atoms with E-state index in [-0.39, 0.29) is 0 Å². The summed E-state index contributed by atoms with van der Waals surface area (Å²) in [6.07, 6.45) is 2.22. The van der Waals surface area contributed by atoms with Crippen LogP contribution in [-0.2, 0) is 4.79 Å². The zero-order valence-corrected chi connectivity index (χ0v) is 12.4. The average molecular weight is 327 g/mol. The predicted octanol–water partition coefficient (Wildman–Crippen LogP) is 4.45. The van der Waals surface area contributed by atoms with E-state index in [1.807, 2.05) is 0 Å². The van der Waals surface area contributed by atoms with E-state index in [2.05, 4.69) is 0 Å². The molecule has 0 heterocycles. The minimum absolute atomic E-state index is 0.497. The first-order valence-corrected chi connectivity index (χ1v) is 7.03. The molecule has 0 radical (unpaired) electrons. The lowest BCUT2D eigenvalue weighted by Gasteiger charge is -2.26. The zero-order valence-electron chi connectivity index (χ0n) is 9.38. The van der Waals surface area contributed by atoms with Crippen LogP contribution < -0.4 is 4.90 Å². The lowest BCUT2D eigenvalue weighted by Crippen LogP contribution is -2.40. The quantitative estimate of drug-likeness (QED) is 0.751. The summed E-state index contributed by atoms with van der Waals surface area (Å²) in [5.41, 5.74) is 0.697. The van der Waals surface area contributed by atoms with Gasteiger partial charge in [0.15, 0.2) is 0 Å².